The van der Waals surface area contributed by atoms with Crippen molar-refractivity contribution in [2.24, 2.45) is 0 Å². The summed E-state index contributed by atoms with van der Waals surface area (Å²) in [5.74, 6) is -0.560. The van der Waals surface area contributed by atoms with Crippen LogP contribution in [0.15, 0.2) is 42.0 Å². The van der Waals surface area contributed by atoms with Crippen LogP contribution in [0.1, 0.15) is 11.1 Å². The Bertz CT molecular complexity index is 948. The molecule has 0 radical (unpaired) electrons. The molecule has 8 heteroatoms. The van der Waals surface area contributed by atoms with Crippen molar-refractivity contribution in [3.05, 3.63) is 68.2 Å². The van der Waals surface area contributed by atoms with Crippen LogP contribution in [0.25, 0.3) is 6.08 Å². The maximum absolute atomic E-state index is 12.3. The highest BCUT2D eigenvalue weighted by Gasteiger charge is 2.16. The van der Waals surface area contributed by atoms with Crippen molar-refractivity contribution in [3.63, 3.8) is 0 Å². The fraction of sp³-hybridized carbons (Fsp3) is 0.111. The topological polar surface area (TPSA) is 105 Å². The van der Waals surface area contributed by atoms with Crippen LogP contribution < -0.4 is 10.1 Å². The highest BCUT2D eigenvalue weighted by atomic mass is 35.5. The van der Waals surface area contributed by atoms with Crippen molar-refractivity contribution < 1.29 is 14.5 Å². The Morgan fingerprint density at radius 1 is 1.35 bits per heavy atom. The molecule has 7 nitrogen and oxygen atoms in total. The van der Waals surface area contributed by atoms with Crippen LogP contribution in [0.2, 0.25) is 5.02 Å². The van der Waals surface area contributed by atoms with Gasteiger partial charge in [0.15, 0.2) is 5.75 Å². The predicted molar refractivity (Wildman–Crippen MR) is 98.1 cm³/mol. The molecule has 0 aliphatic carbocycles. The number of hydrogen-bond donors (Lipinski definition) is 1. The number of methoxy groups -OCH3 is 1. The number of carbonyl (C=O) groups excluding carboxylic acids is 1. The fourth-order valence-corrected chi connectivity index (χ4v) is 2.30. The molecule has 26 heavy (non-hydrogen) atoms. The summed E-state index contributed by atoms with van der Waals surface area (Å²) in [6.45, 7) is 1.82. The number of aryl methyl sites for hydroxylation is 1. The summed E-state index contributed by atoms with van der Waals surface area (Å²) in [4.78, 5) is 22.8. The van der Waals surface area contributed by atoms with Gasteiger partial charge in [-0.3, -0.25) is 14.9 Å². The molecule has 0 atom stereocenters. The standard InChI is InChI=1S/C18H14ClN3O4/c1-11-3-5-14(9-15(11)19)21-18(23)13(10-20)7-12-4-6-17(26-2)16(8-12)22(24)25/h3-9H,1-2H3,(H,21,23)/b13-7+. The minimum Gasteiger partial charge on any atom is -0.490 e. The van der Waals surface area contributed by atoms with E-state index in [0.29, 0.717) is 16.3 Å². The normalized spacial score (nSPS) is 10.8. The van der Waals surface area contributed by atoms with Crippen LogP contribution in [0.5, 0.6) is 5.75 Å². The number of halogens is 1. The Morgan fingerprint density at radius 2 is 2.08 bits per heavy atom. The van der Waals surface area contributed by atoms with Gasteiger partial charge in [0.25, 0.3) is 5.91 Å². The monoisotopic (exact) mass is 371 g/mol. The van der Waals surface area contributed by atoms with E-state index in [-0.39, 0.29) is 17.0 Å². The first kappa shape index (κ1) is 19.0. The number of nitro benzene ring substituents is 1. The van der Waals surface area contributed by atoms with Crippen molar-refractivity contribution in [1.29, 1.82) is 5.26 Å². The lowest BCUT2D eigenvalue weighted by Gasteiger charge is -2.06. The first-order valence-electron chi connectivity index (χ1n) is 7.37. The molecule has 0 bridgehead atoms. The zero-order chi connectivity index (χ0) is 19.3. The molecule has 2 aromatic rings. The smallest absolute Gasteiger partial charge is 0.311 e. The van der Waals surface area contributed by atoms with Crippen molar-refractivity contribution in [3.8, 4) is 11.8 Å². The summed E-state index contributed by atoms with van der Waals surface area (Å²) in [6, 6.07) is 10.9. The molecule has 1 N–H and O–H groups in total. The van der Waals surface area contributed by atoms with E-state index in [1.54, 1.807) is 24.3 Å². The molecule has 0 unspecified atom stereocenters. The van der Waals surface area contributed by atoms with Gasteiger partial charge in [-0.15, -0.1) is 0 Å². The quantitative estimate of drug-likeness (QED) is 0.368. The third-order valence-corrected chi connectivity index (χ3v) is 3.91. The molecule has 0 fully saturated rings. The van der Waals surface area contributed by atoms with Gasteiger partial charge in [-0.1, -0.05) is 23.7 Å². The number of nitriles is 1. The predicted octanol–water partition coefficient (Wildman–Crippen LogP) is 4.11. The first-order valence-corrected chi connectivity index (χ1v) is 7.75. The van der Waals surface area contributed by atoms with Gasteiger partial charge in [0.05, 0.1) is 12.0 Å². The van der Waals surface area contributed by atoms with Crippen LogP contribution >= 0.6 is 11.6 Å². The SMILES string of the molecule is COc1ccc(/C=C(\C#N)C(=O)Nc2ccc(C)c(Cl)c2)cc1[N+](=O)[O-]. The third kappa shape index (κ3) is 4.37. The summed E-state index contributed by atoms with van der Waals surface area (Å²) < 4.78 is 4.92. The van der Waals surface area contributed by atoms with Gasteiger partial charge in [0, 0.05) is 16.8 Å². The Kier molecular flexibility index (Phi) is 5.94. The van der Waals surface area contributed by atoms with Crippen LogP contribution in [0, 0.1) is 28.4 Å². The molecule has 0 saturated heterocycles. The van der Waals surface area contributed by atoms with Crippen LogP contribution in [0.3, 0.4) is 0 Å². The number of nitrogens with one attached hydrogen (secondary N) is 1. The number of hydrogen-bond acceptors (Lipinski definition) is 5. The molecule has 0 spiro atoms. The minimum absolute atomic E-state index is 0.0874. The molecule has 0 heterocycles. The summed E-state index contributed by atoms with van der Waals surface area (Å²) in [5, 5.41) is 23.4. The summed E-state index contributed by atoms with van der Waals surface area (Å²) >= 11 is 6.01. The Morgan fingerprint density at radius 3 is 2.65 bits per heavy atom. The van der Waals surface area contributed by atoms with Crippen LogP contribution in [-0.4, -0.2) is 17.9 Å². The summed E-state index contributed by atoms with van der Waals surface area (Å²) in [7, 11) is 1.32. The van der Waals surface area contributed by atoms with Gasteiger partial charge in [0.2, 0.25) is 0 Å². The highest BCUT2D eigenvalue weighted by molar-refractivity contribution is 6.31. The molecule has 1 amide bonds. The Balaban J connectivity index is 2.30. The van der Waals surface area contributed by atoms with E-state index < -0.39 is 10.8 Å². The molecule has 0 saturated carbocycles. The lowest BCUT2D eigenvalue weighted by Crippen LogP contribution is -2.13. The van der Waals surface area contributed by atoms with Gasteiger partial charge in [-0.25, -0.2) is 0 Å². The lowest BCUT2D eigenvalue weighted by atomic mass is 10.1. The number of benzene rings is 2. The van der Waals surface area contributed by atoms with Crippen molar-refractivity contribution >= 4 is 35.0 Å². The Hall–Kier alpha value is -3.37. The van der Waals surface area contributed by atoms with E-state index in [9.17, 15) is 20.2 Å². The summed E-state index contributed by atoms with van der Waals surface area (Å²) in [5.41, 5.74) is 1.15. The zero-order valence-corrected chi connectivity index (χ0v) is 14.7. The number of amides is 1. The van der Waals surface area contributed by atoms with Gasteiger partial charge in [-0.2, -0.15) is 5.26 Å². The molecular weight excluding hydrogens is 358 g/mol. The van der Waals surface area contributed by atoms with E-state index in [1.807, 2.05) is 6.92 Å². The largest absolute Gasteiger partial charge is 0.490 e. The van der Waals surface area contributed by atoms with Gasteiger partial charge < -0.3 is 10.1 Å². The number of nitrogens with zero attached hydrogens (tertiary/aromatic N) is 2. The molecule has 2 aromatic carbocycles. The summed E-state index contributed by atoms with van der Waals surface area (Å²) in [6.07, 6.45) is 1.26. The van der Waals surface area contributed by atoms with Crippen molar-refractivity contribution in [1.82, 2.24) is 0 Å². The van der Waals surface area contributed by atoms with Crippen LogP contribution in [-0.2, 0) is 4.79 Å². The van der Waals surface area contributed by atoms with E-state index in [2.05, 4.69) is 5.32 Å². The lowest BCUT2D eigenvalue weighted by molar-refractivity contribution is -0.385. The number of nitro groups is 1. The second-order valence-corrected chi connectivity index (χ2v) is 5.68. The molecular formula is C18H14ClN3O4. The van der Waals surface area contributed by atoms with Crippen LogP contribution in [0.4, 0.5) is 11.4 Å². The Labute approximate surface area is 154 Å². The van der Waals surface area contributed by atoms with Crippen molar-refractivity contribution in [2.75, 3.05) is 12.4 Å². The number of anilines is 1. The minimum atomic E-state index is -0.647. The molecule has 0 aliphatic rings. The molecule has 0 aliphatic heterocycles. The molecule has 132 valence electrons. The average Bonchev–Trinajstić information content (AvgIpc) is 2.62. The third-order valence-electron chi connectivity index (χ3n) is 3.51. The van der Waals surface area contributed by atoms with Gasteiger partial charge >= 0.3 is 5.69 Å². The van der Waals surface area contributed by atoms with Gasteiger partial charge in [-0.05, 0) is 42.3 Å². The second-order valence-electron chi connectivity index (χ2n) is 5.28. The van der Waals surface area contributed by atoms with E-state index in [0.717, 1.165) is 5.56 Å². The van der Waals surface area contributed by atoms with Gasteiger partial charge in [0.1, 0.15) is 11.6 Å². The average molecular weight is 372 g/mol. The maximum atomic E-state index is 12.3. The maximum Gasteiger partial charge on any atom is 0.311 e. The highest BCUT2D eigenvalue weighted by Crippen LogP contribution is 2.28. The zero-order valence-electron chi connectivity index (χ0n) is 13.9. The number of rotatable bonds is 5. The number of ether oxygens (including phenoxy) is 1. The fourth-order valence-electron chi connectivity index (χ4n) is 2.12. The number of carbonyl (C=O) groups is 1. The first-order chi connectivity index (χ1) is 12.3. The van der Waals surface area contributed by atoms with E-state index >= 15 is 0 Å². The molecule has 2 rings (SSSR count). The van der Waals surface area contributed by atoms with E-state index in [4.69, 9.17) is 16.3 Å². The van der Waals surface area contributed by atoms with Crippen molar-refractivity contribution in [2.45, 2.75) is 6.92 Å². The van der Waals surface area contributed by atoms with E-state index in [1.165, 1.54) is 31.4 Å². The molecule has 0 aromatic heterocycles. The second kappa shape index (κ2) is 8.14.